The molecular formula is C27H36N8O2. The molecule has 10 heteroatoms. The first kappa shape index (κ1) is 22.3. The molecule has 6 heterocycles. The fraction of sp³-hybridized carbons (Fsp3) is 0.704. The quantitative estimate of drug-likeness (QED) is 0.637. The van der Waals surface area contributed by atoms with Crippen molar-refractivity contribution in [1.82, 2.24) is 34.7 Å². The van der Waals surface area contributed by atoms with Gasteiger partial charge in [0.25, 0.3) is 5.78 Å². The standard InChI is InChI=1S/C27H36N8O2/c1-17-22(18(2)35-24(30-17)31-19(3)32-35)37-21-4-5-34(8-21)20-6-28-23(29-7-20)27-9-25(10-27,11-27)12-33-13-26(14-33)15-36-16-26/h6,21H,4-5,7-16H2,1-3H3,(H,28,29)/t21-,25?,27?/m1/s1. The van der Waals surface area contributed by atoms with E-state index in [0.717, 1.165) is 62.2 Å². The van der Waals surface area contributed by atoms with Gasteiger partial charge >= 0.3 is 0 Å². The molecule has 3 aliphatic carbocycles. The number of ether oxygens (including phenoxy) is 2. The Balaban J connectivity index is 0.854. The van der Waals surface area contributed by atoms with E-state index in [-0.39, 0.29) is 6.10 Å². The predicted octanol–water partition coefficient (Wildman–Crippen LogP) is 1.85. The van der Waals surface area contributed by atoms with Crippen molar-refractivity contribution in [2.45, 2.75) is 52.6 Å². The van der Waals surface area contributed by atoms with E-state index < -0.39 is 0 Å². The highest BCUT2D eigenvalue weighted by Gasteiger charge is 2.71. The molecule has 3 saturated heterocycles. The molecule has 0 aromatic carbocycles. The van der Waals surface area contributed by atoms with Crippen LogP contribution < -0.4 is 10.1 Å². The Kier molecular flexibility index (Phi) is 4.48. The minimum atomic E-state index is 0.122. The fourth-order valence-corrected chi connectivity index (χ4v) is 8.08. The van der Waals surface area contributed by atoms with E-state index >= 15 is 0 Å². The number of fused-ring (bicyclic) bond motifs is 1. The summed E-state index contributed by atoms with van der Waals surface area (Å²) >= 11 is 0. The monoisotopic (exact) mass is 504 g/mol. The van der Waals surface area contributed by atoms with Crippen LogP contribution in [0.5, 0.6) is 5.75 Å². The third kappa shape index (κ3) is 3.30. The van der Waals surface area contributed by atoms with Crippen LogP contribution in [0.3, 0.4) is 0 Å². The van der Waals surface area contributed by atoms with Gasteiger partial charge in [0.15, 0.2) is 5.75 Å². The van der Waals surface area contributed by atoms with Gasteiger partial charge in [-0.2, -0.15) is 9.50 Å². The zero-order valence-corrected chi connectivity index (χ0v) is 22.1. The van der Waals surface area contributed by atoms with Crippen molar-refractivity contribution >= 4 is 11.6 Å². The normalized spacial score (nSPS) is 33.7. The minimum Gasteiger partial charge on any atom is -0.485 e. The Hall–Kier alpha value is -2.72. The Morgan fingerprint density at radius 3 is 2.65 bits per heavy atom. The Bertz CT molecular complexity index is 1330. The van der Waals surface area contributed by atoms with Crippen molar-refractivity contribution in [3.63, 3.8) is 0 Å². The molecule has 1 spiro atoms. The number of aromatic nitrogens is 4. The van der Waals surface area contributed by atoms with Gasteiger partial charge in [-0.05, 0) is 45.4 Å². The maximum Gasteiger partial charge on any atom is 0.253 e. The van der Waals surface area contributed by atoms with Gasteiger partial charge in [0.2, 0.25) is 0 Å². The van der Waals surface area contributed by atoms with Crippen molar-refractivity contribution in [2.75, 3.05) is 52.5 Å². The SMILES string of the molecule is Cc1nc2nc(C)c(O[C@@H]3CCN(C4=CNC(C56CC(CN7CC8(COC8)C7)(C5)C6)=NC4)C3)c(C)n2n1. The number of nitrogens with zero attached hydrogens (tertiary/aromatic N) is 7. The van der Waals surface area contributed by atoms with Crippen LogP contribution >= 0.6 is 0 Å². The maximum atomic E-state index is 6.48. The maximum absolute atomic E-state index is 6.48. The van der Waals surface area contributed by atoms with E-state index in [0.29, 0.717) is 22.0 Å². The van der Waals surface area contributed by atoms with Gasteiger partial charge in [-0.25, -0.2) is 4.98 Å². The predicted molar refractivity (Wildman–Crippen MR) is 138 cm³/mol. The Labute approximate surface area is 217 Å². The first-order valence-corrected chi connectivity index (χ1v) is 13.8. The smallest absolute Gasteiger partial charge is 0.253 e. The molecule has 0 unspecified atom stereocenters. The molecule has 37 heavy (non-hydrogen) atoms. The highest BCUT2D eigenvalue weighted by atomic mass is 16.5. The van der Waals surface area contributed by atoms with Crippen LogP contribution in [-0.2, 0) is 4.74 Å². The summed E-state index contributed by atoms with van der Waals surface area (Å²) in [5.41, 5.74) is 4.48. The average Bonchev–Trinajstić information content (AvgIpc) is 3.39. The van der Waals surface area contributed by atoms with Gasteiger partial charge in [0.1, 0.15) is 17.8 Å². The number of aryl methyl sites for hydroxylation is 3. The summed E-state index contributed by atoms with van der Waals surface area (Å²) in [4.78, 5) is 19.1. The second-order valence-corrected chi connectivity index (χ2v) is 12.9. The van der Waals surface area contributed by atoms with Crippen LogP contribution in [0.25, 0.3) is 5.78 Å². The molecule has 9 rings (SSSR count). The first-order valence-electron chi connectivity index (χ1n) is 13.8. The molecule has 10 nitrogen and oxygen atoms in total. The topological polar surface area (TPSA) is 92.4 Å². The minimum absolute atomic E-state index is 0.122. The van der Waals surface area contributed by atoms with E-state index in [2.05, 4.69) is 36.4 Å². The molecule has 0 radical (unpaired) electrons. The van der Waals surface area contributed by atoms with E-state index in [1.807, 2.05) is 20.8 Å². The summed E-state index contributed by atoms with van der Waals surface area (Å²) in [5, 5.41) is 8.08. The zero-order valence-electron chi connectivity index (χ0n) is 22.1. The van der Waals surface area contributed by atoms with Crippen LogP contribution in [0.2, 0.25) is 0 Å². The molecule has 196 valence electrons. The van der Waals surface area contributed by atoms with Gasteiger partial charge in [-0.15, -0.1) is 5.10 Å². The molecule has 2 aromatic rings. The molecule has 6 fully saturated rings. The highest BCUT2D eigenvalue weighted by Crippen LogP contribution is 2.74. The number of aliphatic imine (C=N–C) groups is 1. The lowest BCUT2D eigenvalue weighted by Crippen LogP contribution is -2.74. The molecule has 3 saturated carbocycles. The number of amidine groups is 1. The largest absolute Gasteiger partial charge is 0.485 e. The highest BCUT2D eigenvalue weighted by molar-refractivity contribution is 5.93. The lowest BCUT2D eigenvalue weighted by Gasteiger charge is -2.73. The molecule has 2 bridgehead atoms. The van der Waals surface area contributed by atoms with Gasteiger partial charge < -0.3 is 24.6 Å². The van der Waals surface area contributed by atoms with Gasteiger partial charge in [0, 0.05) is 49.6 Å². The van der Waals surface area contributed by atoms with E-state index in [1.165, 1.54) is 50.4 Å². The van der Waals surface area contributed by atoms with E-state index in [4.69, 9.17) is 14.5 Å². The van der Waals surface area contributed by atoms with E-state index in [9.17, 15) is 0 Å². The summed E-state index contributed by atoms with van der Waals surface area (Å²) in [6.45, 7) is 14.2. The summed E-state index contributed by atoms with van der Waals surface area (Å²) < 4.78 is 13.7. The number of likely N-dealkylation sites (tertiary alicyclic amines) is 2. The second-order valence-electron chi connectivity index (χ2n) is 12.9. The first-order chi connectivity index (χ1) is 17.8. The Morgan fingerprint density at radius 1 is 1.14 bits per heavy atom. The van der Waals surface area contributed by atoms with Crippen molar-refractivity contribution < 1.29 is 9.47 Å². The van der Waals surface area contributed by atoms with Gasteiger partial charge in [-0.1, -0.05) is 0 Å². The van der Waals surface area contributed by atoms with Crippen LogP contribution in [0.15, 0.2) is 16.9 Å². The fourth-order valence-electron chi connectivity index (χ4n) is 8.08. The molecule has 7 aliphatic rings. The molecule has 2 aromatic heterocycles. The lowest BCUT2D eigenvalue weighted by atomic mass is 9.34. The molecule has 0 amide bonds. The molecular weight excluding hydrogens is 468 g/mol. The number of rotatable bonds is 6. The summed E-state index contributed by atoms with van der Waals surface area (Å²) in [6.07, 6.45) is 7.22. The number of nitrogens with one attached hydrogen (secondary N) is 1. The number of hydrogen-bond donors (Lipinski definition) is 1. The average molecular weight is 505 g/mol. The van der Waals surface area contributed by atoms with Gasteiger partial charge in [0.05, 0.1) is 43.4 Å². The van der Waals surface area contributed by atoms with Crippen LogP contribution in [-0.4, -0.2) is 93.8 Å². The molecule has 4 aliphatic heterocycles. The van der Waals surface area contributed by atoms with Crippen molar-refractivity contribution in [3.8, 4) is 5.75 Å². The third-order valence-electron chi connectivity index (χ3n) is 9.69. The van der Waals surface area contributed by atoms with Crippen molar-refractivity contribution in [1.29, 1.82) is 0 Å². The Morgan fingerprint density at radius 2 is 1.95 bits per heavy atom. The number of hydrogen-bond acceptors (Lipinski definition) is 9. The van der Waals surface area contributed by atoms with Crippen LogP contribution in [0.1, 0.15) is 42.9 Å². The summed E-state index contributed by atoms with van der Waals surface area (Å²) in [6, 6.07) is 0. The van der Waals surface area contributed by atoms with Crippen molar-refractivity contribution in [3.05, 3.63) is 29.1 Å². The summed E-state index contributed by atoms with van der Waals surface area (Å²) in [7, 11) is 0. The van der Waals surface area contributed by atoms with Crippen LogP contribution in [0, 0.1) is 37.0 Å². The van der Waals surface area contributed by atoms with Gasteiger partial charge in [-0.3, -0.25) is 4.99 Å². The van der Waals surface area contributed by atoms with Crippen LogP contribution in [0.4, 0.5) is 0 Å². The molecule has 1 N–H and O–H groups in total. The van der Waals surface area contributed by atoms with Crippen molar-refractivity contribution in [2.24, 2.45) is 21.2 Å². The van der Waals surface area contributed by atoms with E-state index in [1.54, 1.807) is 4.52 Å². The zero-order chi connectivity index (χ0) is 25.0. The third-order valence-corrected chi connectivity index (χ3v) is 9.69. The molecule has 1 atom stereocenters. The second kappa shape index (κ2) is 7.44. The summed E-state index contributed by atoms with van der Waals surface area (Å²) in [5.74, 6) is 3.41. The lowest BCUT2D eigenvalue weighted by molar-refractivity contribution is -0.228.